The third-order valence-corrected chi connectivity index (χ3v) is 8.40. The second-order valence-electron chi connectivity index (χ2n) is 15.4. The first-order valence-corrected chi connectivity index (χ1v) is 18.4. The molecular weight excluding hydrogens is 630 g/mol. The standard InChI is InChI=1S/C41H63N3O6/c1-11-13-14-15-16-20-26-44(37(46)34(30(4)12-2)43-39(48)50-41(8,9)10)35(32-25-21-22-29(3)27-32)36(45)42-33(38(47)49-40(5,6)7)28-31-23-18-17-19-24-31/h17-19,21-25,27,30,33-35H,11-16,20,26,28H2,1-10H3,(H,42,45)(H,43,48). The number of hydrogen-bond donors (Lipinski definition) is 2. The lowest BCUT2D eigenvalue weighted by molar-refractivity contribution is -0.159. The number of ether oxygens (including phenoxy) is 2. The van der Waals surface area contributed by atoms with Gasteiger partial charge in [-0.25, -0.2) is 9.59 Å². The van der Waals surface area contributed by atoms with Crippen molar-refractivity contribution in [2.24, 2.45) is 5.92 Å². The summed E-state index contributed by atoms with van der Waals surface area (Å²) < 4.78 is 11.3. The van der Waals surface area contributed by atoms with Crippen LogP contribution in [-0.4, -0.2) is 58.6 Å². The number of carbonyl (C=O) groups excluding carboxylic acids is 4. The van der Waals surface area contributed by atoms with Gasteiger partial charge < -0.3 is 25.0 Å². The maximum Gasteiger partial charge on any atom is 0.408 e. The number of hydrogen-bond acceptors (Lipinski definition) is 6. The highest BCUT2D eigenvalue weighted by molar-refractivity contribution is 5.94. The predicted octanol–water partition coefficient (Wildman–Crippen LogP) is 8.23. The highest BCUT2D eigenvalue weighted by Gasteiger charge is 2.39. The molecule has 0 aliphatic rings. The Hall–Kier alpha value is -3.88. The first kappa shape index (κ1) is 42.3. The quantitative estimate of drug-likeness (QED) is 0.120. The Kier molecular flexibility index (Phi) is 17.0. The normalized spacial score (nSPS) is 14.1. The van der Waals surface area contributed by atoms with E-state index in [-0.39, 0.29) is 24.8 Å². The summed E-state index contributed by atoms with van der Waals surface area (Å²) in [5, 5.41) is 5.83. The lowest BCUT2D eigenvalue weighted by Crippen LogP contribution is -2.56. The fraction of sp³-hybridized carbons (Fsp3) is 0.610. The SMILES string of the molecule is CCCCCCCCN(C(=O)C(NC(=O)OC(C)(C)C)C(C)CC)C(C(=O)NC(Cc1ccccc1)C(=O)OC(C)(C)C)c1cccc(C)c1. The summed E-state index contributed by atoms with van der Waals surface area (Å²) in [5.41, 5.74) is 0.859. The molecule has 0 aromatic heterocycles. The smallest absolute Gasteiger partial charge is 0.408 e. The fourth-order valence-corrected chi connectivity index (χ4v) is 5.70. The molecule has 9 heteroatoms. The second-order valence-corrected chi connectivity index (χ2v) is 15.4. The van der Waals surface area contributed by atoms with Crippen LogP contribution in [0.1, 0.15) is 130 Å². The van der Waals surface area contributed by atoms with Gasteiger partial charge >= 0.3 is 12.1 Å². The van der Waals surface area contributed by atoms with Crippen molar-refractivity contribution in [1.29, 1.82) is 0 Å². The molecule has 9 nitrogen and oxygen atoms in total. The molecule has 0 radical (unpaired) electrons. The van der Waals surface area contributed by atoms with E-state index in [9.17, 15) is 19.2 Å². The third-order valence-electron chi connectivity index (χ3n) is 8.40. The summed E-state index contributed by atoms with van der Waals surface area (Å²) in [6.07, 6.45) is 6.05. The molecule has 0 fully saturated rings. The Labute approximate surface area is 301 Å². The van der Waals surface area contributed by atoms with Gasteiger partial charge in [-0.05, 0) is 71.9 Å². The molecular formula is C41H63N3O6. The highest BCUT2D eigenvalue weighted by atomic mass is 16.6. The van der Waals surface area contributed by atoms with E-state index in [1.54, 1.807) is 46.4 Å². The number of carbonyl (C=O) groups is 4. The van der Waals surface area contributed by atoms with Gasteiger partial charge in [0.15, 0.2) is 0 Å². The average molecular weight is 694 g/mol. The van der Waals surface area contributed by atoms with E-state index < -0.39 is 47.3 Å². The molecule has 0 spiro atoms. The van der Waals surface area contributed by atoms with E-state index in [4.69, 9.17) is 9.47 Å². The zero-order chi connectivity index (χ0) is 37.5. The van der Waals surface area contributed by atoms with Crippen molar-refractivity contribution in [2.45, 2.75) is 150 Å². The summed E-state index contributed by atoms with van der Waals surface area (Å²) in [7, 11) is 0. The summed E-state index contributed by atoms with van der Waals surface area (Å²) >= 11 is 0. The maximum atomic E-state index is 14.8. The molecule has 4 unspecified atom stereocenters. The maximum absolute atomic E-state index is 14.8. The molecule has 3 amide bonds. The summed E-state index contributed by atoms with van der Waals surface area (Å²) in [6, 6.07) is 13.9. The molecule has 0 saturated heterocycles. The van der Waals surface area contributed by atoms with Crippen LogP contribution < -0.4 is 10.6 Å². The van der Waals surface area contributed by atoms with Crippen molar-refractivity contribution in [2.75, 3.05) is 6.54 Å². The first-order valence-electron chi connectivity index (χ1n) is 18.4. The Balaban J connectivity index is 2.64. The van der Waals surface area contributed by atoms with E-state index in [0.29, 0.717) is 18.4 Å². The number of unbranched alkanes of at least 4 members (excludes halogenated alkanes) is 5. The number of benzene rings is 2. The van der Waals surface area contributed by atoms with Crippen LogP contribution in [0.4, 0.5) is 4.79 Å². The summed E-state index contributed by atoms with van der Waals surface area (Å²) in [6.45, 7) is 18.9. The van der Waals surface area contributed by atoms with Crippen LogP contribution in [0.2, 0.25) is 0 Å². The van der Waals surface area contributed by atoms with Crippen LogP contribution in [0, 0.1) is 12.8 Å². The molecule has 278 valence electrons. The molecule has 2 aromatic rings. The first-order chi connectivity index (χ1) is 23.5. The van der Waals surface area contributed by atoms with Gasteiger partial charge in [-0.1, -0.05) is 119 Å². The van der Waals surface area contributed by atoms with E-state index in [1.807, 2.05) is 75.4 Å². The monoisotopic (exact) mass is 693 g/mol. The zero-order valence-corrected chi connectivity index (χ0v) is 32.3. The Morgan fingerprint density at radius 1 is 0.780 bits per heavy atom. The van der Waals surface area contributed by atoms with Crippen molar-refractivity contribution in [3.05, 3.63) is 71.3 Å². The largest absolute Gasteiger partial charge is 0.458 e. The zero-order valence-electron chi connectivity index (χ0n) is 32.3. The average Bonchev–Trinajstić information content (AvgIpc) is 3.02. The minimum atomic E-state index is -1.08. The fourth-order valence-electron chi connectivity index (χ4n) is 5.70. The van der Waals surface area contributed by atoms with Crippen molar-refractivity contribution < 1.29 is 28.7 Å². The van der Waals surface area contributed by atoms with Gasteiger partial charge in [-0.3, -0.25) is 9.59 Å². The number of esters is 1. The highest BCUT2D eigenvalue weighted by Crippen LogP contribution is 2.27. The number of rotatable bonds is 18. The molecule has 4 atom stereocenters. The van der Waals surface area contributed by atoms with Gasteiger partial charge in [-0.15, -0.1) is 0 Å². The number of alkyl carbamates (subject to hydrolysis) is 1. The van der Waals surface area contributed by atoms with Crippen molar-refractivity contribution >= 4 is 23.9 Å². The minimum Gasteiger partial charge on any atom is -0.458 e. The molecule has 2 N–H and O–H groups in total. The van der Waals surface area contributed by atoms with Gasteiger partial charge in [0.2, 0.25) is 11.8 Å². The number of amides is 3. The van der Waals surface area contributed by atoms with E-state index in [1.165, 1.54) is 0 Å². The molecule has 0 aliphatic carbocycles. The minimum absolute atomic E-state index is 0.211. The predicted molar refractivity (Wildman–Crippen MR) is 200 cm³/mol. The van der Waals surface area contributed by atoms with E-state index in [0.717, 1.165) is 43.2 Å². The molecule has 0 heterocycles. The van der Waals surface area contributed by atoms with Crippen LogP contribution in [0.25, 0.3) is 0 Å². The Bertz CT molecular complexity index is 1360. The van der Waals surface area contributed by atoms with E-state index in [2.05, 4.69) is 17.6 Å². The lowest BCUT2D eigenvalue weighted by atomic mass is 9.94. The van der Waals surface area contributed by atoms with Crippen LogP contribution in [0.15, 0.2) is 54.6 Å². The van der Waals surface area contributed by atoms with Crippen LogP contribution in [-0.2, 0) is 30.3 Å². The van der Waals surface area contributed by atoms with Crippen molar-refractivity contribution in [3.8, 4) is 0 Å². The van der Waals surface area contributed by atoms with Gasteiger partial charge in [0.25, 0.3) is 0 Å². The topological polar surface area (TPSA) is 114 Å². The Morgan fingerprint density at radius 3 is 1.98 bits per heavy atom. The van der Waals surface area contributed by atoms with Gasteiger partial charge in [-0.2, -0.15) is 0 Å². The molecule has 0 saturated carbocycles. The summed E-state index contributed by atoms with van der Waals surface area (Å²) in [5.74, 6) is -1.69. The van der Waals surface area contributed by atoms with Gasteiger partial charge in [0.1, 0.15) is 29.3 Å². The van der Waals surface area contributed by atoms with Crippen LogP contribution in [0.5, 0.6) is 0 Å². The molecule has 50 heavy (non-hydrogen) atoms. The second kappa shape index (κ2) is 20.1. The van der Waals surface area contributed by atoms with Crippen LogP contribution >= 0.6 is 0 Å². The van der Waals surface area contributed by atoms with Gasteiger partial charge in [0.05, 0.1) is 0 Å². The van der Waals surface area contributed by atoms with E-state index >= 15 is 0 Å². The number of nitrogens with zero attached hydrogens (tertiary/aromatic N) is 1. The van der Waals surface area contributed by atoms with Gasteiger partial charge in [0, 0.05) is 13.0 Å². The number of nitrogens with one attached hydrogen (secondary N) is 2. The third kappa shape index (κ3) is 14.9. The molecule has 2 aromatic carbocycles. The molecule has 0 bridgehead atoms. The number of aryl methyl sites for hydroxylation is 1. The van der Waals surface area contributed by atoms with Crippen LogP contribution in [0.3, 0.4) is 0 Å². The summed E-state index contributed by atoms with van der Waals surface area (Å²) in [4.78, 5) is 57.8. The Morgan fingerprint density at radius 2 is 1.40 bits per heavy atom. The lowest BCUT2D eigenvalue weighted by Gasteiger charge is -2.37. The van der Waals surface area contributed by atoms with Crippen molar-refractivity contribution in [3.63, 3.8) is 0 Å². The van der Waals surface area contributed by atoms with Crippen molar-refractivity contribution in [1.82, 2.24) is 15.5 Å². The molecule has 0 aliphatic heterocycles. The molecule has 2 rings (SSSR count).